The summed E-state index contributed by atoms with van der Waals surface area (Å²) in [6.45, 7) is 4.13. The molecule has 0 aromatic heterocycles. The SMILES string of the molecule is COc1ccc(/C=N\N2CC[NH+](C3c4ccccc4-c4ccccc43)CC2)cc1. The smallest absolute Gasteiger partial charge is 0.140 e. The first-order valence-electron chi connectivity index (χ1n) is 10.3. The molecule has 1 saturated heterocycles. The van der Waals surface area contributed by atoms with Gasteiger partial charge in [0.05, 0.1) is 39.5 Å². The van der Waals surface area contributed by atoms with Crippen LogP contribution in [0.2, 0.25) is 0 Å². The van der Waals surface area contributed by atoms with Crippen molar-refractivity contribution in [2.75, 3.05) is 33.3 Å². The molecule has 1 fully saturated rings. The molecule has 4 nitrogen and oxygen atoms in total. The summed E-state index contributed by atoms with van der Waals surface area (Å²) in [5, 5.41) is 6.91. The Morgan fingerprint density at radius 3 is 2.03 bits per heavy atom. The lowest BCUT2D eigenvalue weighted by molar-refractivity contribution is -0.929. The van der Waals surface area contributed by atoms with E-state index < -0.39 is 0 Å². The van der Waals surface area contributed by atoms with Crippen LogP contribution in [0.25, 0.3) is 11.1 Å². The normalized spacial score (nSPS) is 16.8. The quantitative estimate of drug-likeness (QED) is 0.701. The van der Waals surface area contributed by atoms with Gasteiger partial charge >= 0.3 is 0 Å². The van der Waals surface area contributed by atoms with Crippen LogP contribution in [0.4, 0.5) is 0 Å². The van der Waals surface area contributed by atoms with Gasteiger partial charge in [-0.2, -0.15) is 5.10 Å². The van der Waals surface area contributed by atoms with Crippen LogP contribution < -0.4 is 9.64 Å². The van der Waals surface area contributed by atoms with E-state index in [1.807, 2.05) is 30.5 Å². The Morgan fingerprint density at radius 1 is 0.862 bits per heavy atom. The second-order valence-corrected chi connectivity index (χ2v) is 7.74. The highest BCUT2D eigenvalue weighted by molar-refractivity contribution is 5.79. The third kappa shape index (κ3) is 3.40. The predicted octanol–water partition coefficient (Wildman–Crippen LogP) is 3.00. The maximum atomic E-state index is 5.22. The second kappa shape index (κ2) is 7.72. The van der Waals surface area contributed by atoms with E-state index >= 15 is 0 Å². The number of hydrazone groups is 1. The van der Waals surface area contributed by atoms with E-state index in [1.54, 1.807) is 12.0 Å². The fourth-order valence-electron chi connectivity index (χ4n) is 4.62. The van der Waals surface area contributed by atoms with Crippen LogP contribution in [-0.4, -0.2) is 44.5 Å². The summed E-state index contributed by atoms with van der Waals surface area (Å²) in [6, 6.07) is 26.3. The average molecular weight is 385 g/mol. The molecule has 0 spiro atoms. The molecule has 2 aliphatic rings. The number of benzene rings is 3. The van der Waals surface area contributed by atoms with Crippen LogP contribution in [0.15, 0.2) is 77.9 Å². The van der Waals surface area contributed by atoms with Gasteiger partial charge in [-0.1, -0.05) is 48.5 Å². The van der Waals surface area contributed by atoms with E-state index in [9.17, 15) is 0 Å². The van der Waals surface area contributed by atoms with Crippen molar-refractivity contribution in [3.63, 3.8) is 0 Å². The third-order valence-electron chi connectivity index (χ3n) is 6.11. The van der Waals surface area contributed by atoms with Gasteiger partial charge in [0, 0.05) is 11.1 Å². The zero-order valence-corrected chi connectivity index (χ0v) is 16.7. The van der Waals surface area contributed by atoms with Crippen LogP contribution in [0.5, 0.6) is 5.75 Å². The summed E-state index contributed by atoms with van der Waals surface area (Å²) >= 11 is 0. The predicted molar refractivity (Wildman–Crippen MR) is 117 cm³/mol. The number of rotatable bonds is 4. The molecule has 0 bridgehead atoms. The van der Waals surface area contributed by atoms with Gasteiger partial charge in [-0.05, 0) is 41.0 Å². The molecular formula is C25H26N3O+. The van der Waals surface area contributed by atoms with Gasteiger partial charge in [0.1, 0.15) is 11.8 Å². The summed E-state index contributed by atoms with van der Waals surface area (Å²) in [4.78, 5) is 1.64. The molecular weight excluding hydrogens is 358 g/mol. The number of quaternary nitrogens is 1. The van der Waals surface area contributed by atoms with E-state index in [0.29, 0.717) is 6.04 Å². The molecule has 0 radical (unpaired) electrons. The second-order valence-electron chi connectivity index (χ2n) is 7.74. The minimum atomic E-state index is 0.440. The minimum absolute atomic E-state index is 0.440. The number of fused-ring (bicyclic) bond motifs is 3. The summed E-state index contributed by atoms with van der Waals surface area (Å²) in [7, 11) is 1.69. The molecule has 0 atom stereocenters. The lowest BCUT2D eigenvalue weighted by Gasteiger charge is -2.34. The van der Waals surface area contributed by atoms with Crippen molar-refractivity contribution in [1.29, 1.82) is 0 Å². The van der Waals surface area contributed by atoms with Crippen LogP contribution in [0.3, 0.4) is 0 Å². The number of nitrogens with one attached hydrogen (secondary N) is 1. The summed E-state index contributed by atoms with van der Waals surface area (Å²) < 4.78 is 5.22. The van der Waals surface area contributed by atoms with E-state index in [1.165, 1.54) is 22.3 Å². The molecule has 1 aliphatic carbocycles. The Morgan fingerprint density at radius 2 is 1.45 bits per heavy atom. The van der Waals surface area contributed by atoms with Crippen LogP contribution in [0, 0.1) is 0 Å². The van der Waals surface area contributed by atoms with Gasteiger partial charge in [-0.15, -0.1) is 0 Å². The Labute approximate surface area is 172 Å². The van der Waals surface area contributed by atoms with Crippen LogP contribution in [-0.2, 0) is 0 Å². The first-order chi connectivity index (χ1) is 14.3. The molecule has 1 heterocycles. The Bertz CT molecular complexity index is 975. The zero-order chi connectivity index (χ0) is 19.6. The van der Waals surface area contributed by atoms with Gasteiger partial charge < -0.3 is 9.64 Å². The highest BCUT2D eigenvalue weighted by atomic mass is 16.5. The highest BCUT2D eigenvalue weighted by Gasteiger charge is 2.37. The summed E-state index contributed by atoms with van der Waals surface area (Å²) in [5.74, 6) is 0.872. The lowest BCUT2D eigenvalue weighted by atomic mass is 10.0. The Kier molecular flexibility index (Phi) is 4.78. The monoisotopic (exact) mass is 384 g/mol. The molecule has 4 heteroatoms. The van der Waals surface area contributed by atoms with E-state index in [4.69, 9.17) is 9.84 Å². The summed E-state index contributed by atoms with van der Waals surface area (Å²) in [6.07, 6.45) is 1.95. The molecule has 0 unspecified atom stereocenters. The molecule has 0 amide bonds. The van der Waals surface area contributed by atoms with Gasteiger partial charge in [-0.3, -0.25) is 5.01 Å². The van der Waals surface area contributed by atoms with Gasteiger partial charge in [0.2, 0.25) is 0 Å². The maximum absolute atomic E-state index is 5.22. The fourth-order valence-corrected chi connectivity index (χ4v) is 4.62. The van der Waals surface area contributed by atoms with Gasteiger partial charge in [-0.25, -0.2) is 0 Å². The van der Waals surface area contributed by atoms with Gasteiger partial charge in [0.15, 0.2) is 0 Å². The number of nitrogens with zero attached hydrogens (tertiary/aromatic N) is 2. The van der Waals surface area contributed by atoms with Crippen LogP contribution >= 0.6 is 0 Å². The molecule has 146 valence electrons. The molecule has 3 aromatic rings. The topological polar surface area (TPSA) is 29.3 Å². The van der Waals surface area contributed by atoms with E-state index in [-0.39, 0.29) is 0 Å². The van der Waals surface area contributed by atoms with Crippen LogP contribution in [0.1, 0.15) is 22.7 Å². The van der Waals surface area contributed by atoms with E-state index in [0.717, 1.165) is 37.5 Å². The van der Waals surface area contributed by atoms with Crippen molar-refractivity contribution in [2.24, 2.45) is 5.10 Å². The first-order valence-corrected chi connectivity index (χ1v) is 10.3. The van der Waals surface area contributed by atoms with Crippen molar-refractivity contribution in [3.05, 3.63) is 89.5 Å². The standard InChI is InChI=1S/C25H25N3O/c1-29-20-12-10-19(11-13-20)18-26-28-16-14-27(15-17-28)25-23-8-4-2-6-21(23)22-7-3-5-9-24(22)25/h2-13,18,25H,14-17H2,1H3/p+1/b26-18-. The summed E-state index contributed by atoms with van der Waals surface area (Å²) in [5.41, 5.74) is 6.85. The third-order valence-corrected chi connectivity index (χ3v) is 6.11. The zero-order valence-electron chi connectivity index (χ0n) is 16.7. The first kappa shape index (κ1) is 18.0. The maximum Gasteiger partial charge on any atom is 0.140 e. The molecule has 0 saturated carbocycles. The number of piperazine rings is 1. The number of ether oxygens (including phenoxy) is 1. The van der Waals surface area contributed by atoms with Gasteiger partial charge in [0.25, 0.3) is 0 Å². The van der Waals surface area contributed by atoms with E-state index in [2.05, 4.69) is 53.5 Å². The molecule has 29 heavy (non-hydrogen) atoms. The molecule has 1 aliphatic heterocycles. The molecule has 3 aromatic carbocycles. The van der Waals surface area contributed by atoms with Crippen molar-refractivity contribution in [3.8, 4) is 16.9 Å². The highest BCUT2D eigenvalue weighted by Crippen LogP contribution is 2.41. The lowest BCUT2D eigenvalue weighted by Crippen LogP contribution is -3.14. The van der Waals surface area contributed by atoms with Crippen molar-refractivity contribution < 1.29 is 9.64 Å². The molecule has 5 rings (SSSR count). The fraction of sp³-hybridized carbons (Fsp3) is 0.240. The largest absolute Gasteiger partial charge is 0.497 e. The van der Waals surface area contributed by atoms with Crippen molar-refractivity contribution >= 4 is 6.21 Å². The minimum Gasteiger partial charge on any atom is -0.497 e. The number of hydrogen-bond acceptors (Lipinski definition) is 3. The molecule has 1 N–H and O–H groups in total. The Balaban J connectivity index is 1.29. The average Bonchev–Trinajstić information content (AvgIpc) is 3.13. The van der Waals surface area contributed by atoms with Crippen molar-refractivity contribution in [2.45, 2.75) is 6.04 Å². The van der Waals surface area contributed by atoms with Crippen molar-refractivity contribution in [1.82, 2.24) is 5.01 Å². The Hall–Kier alpha value is -3.11. The number of methoxy groups -OCH3 is 1. The number of hydrogen-bond donors (Lipinski definition) is 1.